The van der Waals surface area contributed by atoms with Crippen LogP contribution in [0.5, 0.6) is 0 Å². The highest BCUT2D eigenvalue weighted by Gasteiger charge is 2.52. The van der Waals surface area contributed by atoms with E-state index < -0.39 is 86.7 Å². The maximum absolute atomic E-state index is 16.5. The molecule has 2 aliphatic heterocycles. The number of nitrogens with two attached hydrogens (primary N) is 2. The average molecular weight is 916 g/mol. The molecule has 2 fully saturated rings. The lowest BCUT2D eigenvalue weighted by Gasteiger charge is -2.30. The van der Waals surface area contributed by atoms with Crippen LogP contribution in [0.2, 0.25) is 0 Å². The maximum atomic E-state index is 16.5. The molecule has 4 heterocycles. The van der Waals surface area contributed by atoms with Crippen LogP contribution in [-0.4, -0.2) is 97.4 Å². The van der Waals surface area contributed by atoms with E-state index >= 15 is 8.78 Å². The number of alkyl halides is 2. The zero-order chi connectivity index (χ0) is 46.1. The Bertz CT molecular complexity index is 1860. The number of hydrogen-bond donors (Lipinski definition) is 3. The molecule has 358 valence electrons. The fourth-order valence-electron chi connectivity index (χ4n) is 8.10. The minimum Gasteiger partial charge on any atom is -0.383 e. The Balaban J connectivity index is 1.51. The molecule has 0 aliphatic carbocycles. The Labute approximate surface area is 370 Å². The summed E-state index contributed by atoms with van der Waals surface area (Å²) in [5, 5.41) is 0. The van der Waals surface area contributed by atoms with Crippen molar-refractivity contribution in [1.82, 2.24) is 24.0 Å². The molecule has 2 saturated heterocycles. The molecule has 4 rings (SSSR count). The van der Waals surface area contributed by atoms with Crippen LogP contribution in [-0.2, 0) is 32.6 Å². The topological polar surface area (TPSA) is 226 Å². The van der Waals surface area contributed by atoms with E-state index in [0.717, 1.165) is 41.2 Å². The van der Waals surface area contributed by atoms with Crippen molar-refractivity contribution in [1.29, 1.82) is 0 Å². The Hall–Kier alpha value is -3.32. The molecule has 5 N–H and O–H groups in total. The average Bonchev–Trinajstić information content (AvgIpc) is 3.67. The summed E-state index contributed by atoms with van der Waals surface area (Å²) >= 11 is 0. The Morgan fingerprint density at radius 2 is 1.27 bits per heavy atom. The first-order valence-electron chi connectivity index (χ1n) is 22.9. The van der Waals surface area contributed by atoms with Crippen molar-refractivity contribution >= 4 is 25.4 Å². The number of nitrogen functional groups attached to an aromatic ring is 2. The number of amides is 1. The molecular formula is C43H72F2N7O10P. The standard InChI is InChI=1S/C43H72F2N7O10P/c1-6-7-8-9-10-11-12-13-14-15-16-17-18-19-20-23-50(36(53)26-31-33(28-58-29(2)3)60-40(37(31)44)51-24-21-34(46)48-42(51)54)27-32-39(62-63(56,57)61-30(4)5)38(45)41(59-32)52-25-22-35(47)49-43(52)55/h21-22,24-25,29-33,37-41H,6-20,23,26-28H2,1-5H3,(H,56,57)(H2,46,48,54)(H2,47,49,55)/t31-,32-,33-,37-,38-,39-,40-,41-/m1/s1. The van der Waals surface area contributed by atoms with Gasteiger partial charge < -0.3 is 35.5 Å². The molecular weight excluding hydrogens is 843 g/mol. The van der Waals surface area contributed by atoms with Crippen LogP contribution < -0.4 is 22.8 Å². The van der Waals surface area contributed by atoms with E-state index in [9.17, 15) is 23.8 Å². The van der Waals surface area contributed by atoms with Gasteiger partial charge in [0.2, 0.25) is 5.91 Å². The fourth-order valence-corrected chi connectivity index (χ4v) is 9.24. The number of hydrogen-bond acceptors (Lipinski definition) is 13. The van der Waals surface area contributed by atoms with Gasteiger partial charge in [0.15, 0.2) is 24.8 Å². The second-order valence-corrected chi connectivity index (χ2v) is 18.7. The summed E-state index contributed by atoms with van der Waals surface area (Å²) in [6, 6.07) is 2.61. The molecule has 17 nitrogen and oxygen atoms in total. The van der Waals surface area contributed by atoms with Gasteiger partial charge in [-0.2, -0.15) is 9.97 Å². The molecule has 2 aliphatic rings. The zero-order valence-corrected chi connectivity index (χ0v) is 38.6. The first-order chi connectivity index (χ1) is 30.0. The van der Waals surface area contributed by atoms with E-state index in [0.29, 0.717) is 6.42 Å². The molecule has 9 atom stereocenters. The van der Waals surface area contributed by atoms with Gasteiger partial charge in [-0.05, 0) is 46.2 Å². The van der Waals surface area contributed by atoms with Gasteiger partial charge in [-0.1, -0.05) is 96.8 Å². The van der Waals surface area contributed by atoms with Crippen LogP contribution in [0.1, 0.15) is 150 Å². The van der Waals surface area contributed by atoms with Crippen LogP contribution in [0.25, 0.3) is 0 Å². The van der Waals surface area contributed by atoms with Gasteiger partial charge in [-0.25, -0.2) is 22.9 Å². The number of rotatable bonds is 29. The third-order valence-electron chi connectivity index (χ3n) is 11.4. The van der Waals surface area contributed by atoms with Crippen LogP contribution >= 0.6 is 7.82 Å². The number of nitrogens with zero attached hydrogens (tertiary/aromatic N) is 5. The van der Waals surface area contributed by atoms with Crippen molar-refractivity contribution in [3.63, 3.8) is 0 Å². The maximum Gasteiger partial charge on any atom is 0.472 e. The number of phosphoric acid groups is 1. The summed E-state index contributed by atoms with van der Waals surface area (Å²) in [6.45, 7) is 8.52. The number of phosphoric ester groups is 1. The van der Waals surface area contributed by atoms with E-state index in [1.54, 1.807) is 13.8 Å². The van der Waals surface area contributed by atoms with E-state index in [-0.39, 0.29) is 37.4 Å². The Kier molecular flexibility index (Phi) is 21.6. The molecule has 0 spiro atoms. The number of aromatic nitrogens is 4. The van der Waals surface area contributed by atoms with Gasteiger partial charge in [0, 0.05) is 37.8 Å². The summed E-state index contributed by atoms with van der Waals surface area (Å²) < 4.78 is 76.3. The van der Waals surface area contributed by atoms with Crippen molar-refractivity contribution in [2.75, 3.05) is 31.2 Å². The quantitative estimate of drug-likeness (QED) is 0.0543. The first-order valence-corrected chi connectivity index (χ1v) is 24.4. The molecule has 20 heteroatoms. The lowest BCUT2D eigenvalue weighted by molar-refractivity contribution is -0.136. The number of halogens is 2. The summed E-state index contributed by atoms with van der Waals surface area (Å²) in [4.78, 5) is 59.5. The van der Waals surface area contributed by atoms with E-state index in [1.807, 2.05) is 0 Å². The summed E-state index contributed by atoms with van der Waals surface area (Å²) in [5.74, 6) is -1.80. The van der Waals surface area contributed by atoms with Crippen molar-refractivity contribution in [2.24, 2.45) is 5.92 Å². The number of ether oxygens (including phenoxy) is 3. The van der Waals surface area contributed by atoms with Gasteiger partial charge in [-0.3, -0.25) is 23.0 Å². The third-order valence-corrected chi connectivity index (χ3v) is 12.6. The normalized spacial score (nSPS) is 24.7. The summed E-state index contributed by atoms with van der Waals surface area (Å²) in [6.07, 6.45) is 6.71. The van der Waals surface area contributed by atoms with Crippen molar-refractivity contribution in [3.05, 3.63) is 45.5 Å². The van der Waals surface area contributed by atoms with Crippen LogP contribution in [0, 0.1) is 5.92 Å². The van der Waals surface area contributed by atoms with E-state index in [1.165, 1.54) is 101 Å². The highest BCUT2D eigenvalue weighted by Crippen LogP contribution is 2.50. The summed E-state index contributed by atoms with van der Waals surface area (Å²) in [5.41, 5.74) is 9.57. The second kappa shape index (κ2) is 26.0. The lowest BCUT2D eigenvalue weighted by Crippen LogP contribution is -2.45. The SMILES string of the molecule is CCCCCCCCCCCCCCCCCN(C[C@H]1O[C@@H](n2ccc(N)nc2=O)[C@H](F)[C@@H]1OP(=O)(O)OC(C)C)C(=O)C[C@H]1[C@@H](F)[C@H](n2ccc(N)nc2=O)O[C@@H]1COC(C)C. The monoisotopic (exact) mass is 916 g/mol. The Morgan fingerprint density at radius 3 is 1.75 bits per heavy atom. The second-order valence-electron chi connectivity index (χ2n) is 17.3. The van der Waals surface area contributed by atoms with Crippen LogP contribution in [0.3, 0.4) is 0 Å². The van der Waals surface area contributed by atoms with Gasteiger partial charge in [0.1, 0.15) is 23.8 Å². The molecule has 1 amide bonds. The van der Waals surface area contributed by atoms with E-state index in [2.05, 4.69) is 16.9 Å². The molecule has 0 aromatic carbocycles. The molecule has 0 saturated carbocycles. The molecule has 2 aromatic rings. The highest BCUT2D eigenvalue weighted by atomic mass is 31.2. The predicted molar refractivity (Wildman–Crippen MR) is 235 cm³/mol. The molecule has 0 bridgehead atoms. The number of carbonyl (C=O) groups excluding carboxylic acids is 1. The molecule has 0 radical (unpaired) electrons. The largest absolute Gasteiger partial charge is 0.472 e. The lowest BCUT2D eigenvalue weighted by atomic mass is 9.94. The van der Waals surface area contributed by atoms with Crippen molar-refractivity contribution in [3.8, 4) is 0 Å². The molecule has 63 heavy (non-hydrogen) atoms. The number of carbonyl (C=O) groups is 1. The smallest absolute Gasteiger partial charge is 0.383 e. The Morgan fingerprint density at radius 1 is 0.794 bits per heavy atom. The van der Waals surface area contributed by atoms with Gasteiger partial charge >= 0.3 is 19.2 Å². The van der Waals surface area contributed by atoms with Crippen molar-refractivity contribution in [2.45, 2.75) is 193 Å². The van der Waals surface area contributed by atoms with Crippen LogP contribution in [0.4, 0.5) is 20.4 Å². The molecule has 1 unspecified atom stereocenters. The molecule has 2 aromatic heterocycles. The first kappa shape index (κ1) is 52.3. The van der Waals surface area contributed by atoms with Gasteiger partial charge in [-0.15, -0.1) is 0 Å². The summed E-state index contributed by atoms with van der Waals surface area (Å²) in [7, 11) is -4.90. The van der Waals surface area contributed by atoms with Gasteiger partial charge in [0.25, 0.3) is 0 Å². The third kappa shape index (κ3) is 16.6. The zero-order valence-electron chi connectivity index (χ0n) is 37.7. The highest BCUT2D eigenvalue weighted by molar-refractivity contribution is 7.47. The minimum atomic E-state index is -4.90. The van der Waals surface area contributed by atoms with E-state index in [4.69, 9.17) is 34.7 Å². The van der Waals surface area contributed by atoms with Crippen molar-refractivity contribution < 1.29 is 46.3 Å². The number of unbranched alkanes of at least 4 members (excludes halogenated alkanes) is 14. The predicted octanol–water partition coefficient (Wildman–Crippen LogP) is 7.18. The number of anilines is 2. The minimum absolute atomic E-state index is 0.0504. The fraction of sp³-hybridized carbons (Fsp3) is 0.791. The van der Waals surface area contributed by atoms with Gasteiger partial charge in [0.05, 0.1) is 24.9 Å². The van der Waals surface area contributed by atoms with Crippen LogP contribution in [0.15, 0.2) is 34.1 Å².